The van der Waals surface area contributed by atoms with Gasteiger partial charge < -0.3 is 30.4 Å². The lowest BCUT2D eigenvalue weighted by Crippen LogP contribution is -2.03. The number of benzene rings is 2. The molecule has 0 amide bonds. The van der Waals surface area contributed by atoms with Crippen molar-refractivity contribution >= 4 is 34.4 Å². The fourth-order valence-corrected chi connectivity index (χ4v) is 5.51. The summed E-state index contributed by atoms with van der Waals surface area (Å²) in [5.74, 6) is 4.01. The van der Waals surface area contributed by atoms with Crippen LogP contribution in [0.1, 0.15) is 50.7 Å². The Hall–Kier alpha value is -4.93. The highest BCUT2D eigenvalue weighted by atomic mass is 32.1. The number of methoxy groups -OCH3 is 2. The molecule has 3 aromatic heterocycles. The number of hydrogen-bond donors (Lipinski definition) is 2. The maximum Gasteiger partial charge on any atom is 0.222 e. The quantitative estimate of drug-likeness (QED) is 0.154. The molecule has 234 valence electrons. The first-order valence-electron chi connectivity index (χ1n) is 13.9. The molecule has 2 aromatic carbocycles. The van der Waals surface area contributed by atoms with Crippen LogP contribution in [0.3, 0.4) is 0 Å². The van der Waals surface area contributed by atoms with Gasteiger partial charge in [-0.05, 0) is 36.1 Å². The van der Waals surface area contributed by atoms with Gasteiger partial charge in [0.05, 0.1) is 42.8 Å². The van der Waals surface area contributed by atoms with Crippen molar-refractivity contribution in [2.75, 3.05) is 32.3 Å². The van der Waals surface area contributed by atoms with Gasteiger partial charge in [0.15, 0.2) is 18.2 Å². The predicted octanol–water partition coefficient (Wildman–Crippen LogP) is 7.53. The Kier molecular flexibility index (Phi) is 11.1. The molecule has 45 heavy (non-hydrogen) atoms. The van der Waals surface area contributed by atoms with E-state index in [1.54, 1.807) is 25.2 Å². The number of hydrogen-bond acceptors (Lipinski definition) is 13. The van der Waals surface area contributed by atoms with E-state index in [4.69, 9.17) is 35.7 Å². The zero-order valence-electron chi connectivity index (χ0n) is 25.9. The van der Waals surface area contributed by atoms with Crippen molar-refractivity contribution in [1.82, 2.24) is 19.9 Å². The van der Waals surface area contributed by atoms with Gasteiger partial charge in [-0.25, -0.2) is 15.0 Å². The van der Waals surface area contributed by atoms with Crippen molar-refractivity contribution in [2.24, 2.45) is 0 Å². The zero-order chi connectivity index (χ0) is 32.5. The lowest BCUT2D eigenvalue weighted by atomic mass is 9.98. The predicted molar refractivity (Wildman–Crippen MR) is 178 cm³/mol. The molecule has 0 fully saturated rings. The molecule has 5 aromatic rings. The molecule has 0 unspecified atom stereocenters. The molecule has 0 bridgehead atoms. The Balaban J connectivity index is 0.000000210. The Bertz CT molecular complexity index is 1750. The van der Waals surface area contributed by atoms with Gasteiger partial charge in [-0.3, -0.25) is 0 Å². The van der Waals surface area contributed by atoms with Crippen molar-refractivity contribution in [1.29, 1.82) is 5.26 Å². The first-order valence-corrected chi connectivity index (χ1v) is 15.8. The number of nitrogen functional groups attached to an aromatic ring is 2. The molecular formula is C32H35N7O4S2. The molecule has 0 atom stereocenters. The Morgan fingerprint density at radius 2 is 1.29 bits per heavy atom. The summed E-state index contributed by atoms with van der Waals surface area (Å²) in [4.78, 5) is 16.6. The number of nitrogens with two attached hydrogens (primary N) is 2. The molecule has 5 rings (SSSR count). The third-order valence-corrected chi connectivity index (χ3v) is 7.81. The monoisotopic (exact) mass is 645 g/mol. The maximum atomic E-state index is 8.70. The molecule has 0 saturated carbocycles. The number of rotatable bonds is 10. The molecule has 0 radical (unpaired) electrons. The SMILES string of the molecule is COc1cc(C(C)C)c(OCC#N)cc1-c1cscn1.COc1cc(C(C)C)c(Oc2cnc(N)nc2N)cc1-c1cscn1. The maximum absolute atomic E-state index is 8.70. The molecule has 11 nitrogen and oxygen atoms in total. The van der Waals surface area contributed by atoms with Crippen LogP contribution < -0.4 is 30.4 Å². The topological polar surface area (TPSA) is 164 Å². The Morgan fingerprint density at radius 3 is 1.73 bits per heavy atom. The lowest BCUT2D eigenvalue weighted by Gasteiger charge is -2.18. The van der Waals surface area contributed by atoms with Crippen LogP contribution in [0.25, 0.3) is 22.5 Å². The van der Waals surface area contributed by atoms with E-state index in [0.29, 0.717) is 17.2 Å². The van der Waals surface area contributed by atoms with Crippen LogP contribution in [-0.4, -0.2) is 40.8 Å². The number of nitriles is 1. The fourth-order valence-electron chi connectivity index (χ4n) is 4.40. The average Bonchev–Trinajstić information content (AvgIpc) is 3.76. The molecule has 0 aliphatic heterocycles. The van der Waals surface area contributed by atoms with Crippen LogP contribution in [-0.2, 0) is 0 Å². The minimum atomic E-state index is 0.0303. The van der Waals surface area contributed by atoms with E-state index in [-0.39, 0.29) is 30.2 Å². The standard InChI is InChI=1S/C17H19N5O2S.C15H16N2O2S/c1-9(2)10-4-13(23-3)11(12-7-25-8-21-12)5-14(10)24-15-6-20-17(19)22-16(15)18;1-10(2)11-6-14(18-3)12(13-8-20-9-17-13)7-15(11)19-5-4-16/h4-9H,1-3H3,(H4,18,19,20,22);6-10H,5H2,1-3H3. The van der Waals surface area contributed by atoms with E-state index in [1.807, 2.05) is 41.1 Å². The summed E-state index contributed by atoms with van der Waals surface area (Å²) >= 11 is 3.04. The Labute approximate surface area is 270 Å². The van der Waals surface area contributed by atoms with Crippen molar-refractivity contribution < 1.29 is 18.9 Å². The largest absolute Gasteiger partial charge is 0.496 e. The van der Waals surface area contributed by atoms with Gasteiger partial charge >= 0.3 is 0 Å². The van der Waals surface area contributed by atoms with Crippen molar-refractivity contribution in [3.8, 4) is 57.3 Å². The fraction of sp³-hybridized carbons (Fsp3) is 0.281. The number of thiazole rings is 2. The molecule has 3 heterocycles. The van der Waals surface area contributed by atoms with E-state index < -0.39 is 0 Å². The van der Waals surface area contributed by atoms with Gasteiger partial charge in [0.25, 0.3) is 0 Å². The van der Waals surface area contributed by atoms with Crippen LogP contribution in [0, 0.1) is 11.3 Å². The molecule has 13 heteroatoms. The van der Waals surface area contributed by atoms with Crippen molar-refractivity contribution in [3.05, 3.63) is 63.4 Å². The minimum Gasteiger partial charge on any atom is -0.496 e. The first kappa shape index (κ1) is 33.0. The summed E-state index contributed by atoms with van der Waals surface area (Å²) in [7, 11) is 3.28. The summed E-state index contributed by atoms with van der Waals surface area (Å²) in [6.07, 6.45) is 1.47. The van der Waals surface area contributed by atoms with Gasteiger partial charge in [-0.1, -0.05) is 27.7 Å². The third kappa shape index (κ3) is 7.97. The second-order valence-corrected chi connectivity index (χ2v) is 11.7. The molecular weight excluding hydrogens is 611 g/mol. The van der Waals surface area contributed by atoms with E-state index >= 15 is 0 Å². The van der Waals surface area contributed by atoms with Crippen LogP contribution in [0.2, 0.25) is 0 Å². The number of ether oxygens (including phenoxy) is 4. The second kappa shape index (κ2) is 15.2. The van der Waals surface area contributed by atoms with E-state index in [1.165, 1.54) is 28.9 Å². The van der Waals surface area contributed by atoms with Crippen LogP contribution in [0.4, 0.5) is 11.8 Å². The summed E-state index contributed by atoms with van der Waals surface area (Å²) in [5, 5.41) is 12.6. The van der Waals surface area contributed by atoms with Crippen molar-refractivity contribution in [3.63, 3.8) is 0 Å². The lowest BCUT2D eigenvalue weighted by molar-refractivity contribution is 0.360. The zero-order valence-corrected chi connectivity index (χ0v) is 27.5. The van der Waals surface area contributed by atoms with E-state index in [0.717, 1.165) is 45.1 Å². The second-order valence-electron chi connectivity index (χ2n) is 10.3. The average molecular weight is 646 g/mol. The van der Waals surface area contributed by atoms with Gasteiger partial charge in [-0.2, -0.15) is 10.2 Å². The molecule has 0 aliphatic rings. The van der Waals surface area contributed by atoms with E-state index in [9.17, 15) is 0 Å². The summed E-state index contributed by atoms with van der Waals surface area (Å²) in [5.41, 5.74) is 20.4. The van der Waals surface area contributed by atoms with E-state index in [2.05, 4.69) is 47.6 Å². The summed E-state index contributed by atoms with van der Waals surface area (Å²) < 4.78 is 22.6. The number of aromatic nitrogens is 4. The third-order valence-electron chi connectivity index (χ3n) is 6.64. The Morgan fingerprint density at radius 1 is 0.756 bits per heavy atom. The van der Waals surface area contributed by atoms with Crippen LogP contribution in [0.5, 0.6) is 28.7 Å². The van der Waals surface area contributed by atoms with Gasteiger partial charge in [0.2, 0.25) is 5.95 Å². The number of anilines is 2. The van der Waals surface area contributed by atoms with Crippen molar-refractivity contribution in [2.45, 2.75) is 39.5 Å². The highest BCUT2D eigenvalue weighted by Gasteiger charge is 2.19. The number of nitrogens with zero attached hydrogens (tertiary/aromatic N) is 5. The van der Waals surface area contributed by atoms with Gasteiger partial charge in [0.1, 0.15) is 29.1 Å². The summed E-state index contributed by atoms with van der Waals surface area (Å²) in [6.45, 7) is 8.34. The van der Waals surface area contributed by atoms with Crippen LogP contribution in [0.15, 0.2) is 52.2 Å². The van der Waals surface area contributed by atoms with Gasteiger partial charge in [0, 0.05) is 33.0 Å². The molecule has 0 saturated heterocycles. The molecule has 0 aliphatic carbocycles. The molecule has 0 spiro atoms. The molecule has 4 N–H and O–H groups in total. The summed E-state index contributed by atoms with van der Waals surface area (Å²) in [6, 6.07) is 9.73. The normalized spacial score (nSPS) is 10.6. The first-order chi connectivity index (χ1) is 21.7. The van der Waals surface area contributed by atoms with Crippen LogP contribution >= 0.6 is 22.7 Å². The highest BCUT2D eigenvalue weighted by Crippen LogP contribution is 2.41. The smallest absolute Gasteiger partial charge is 0.222 e. The van der Waals surface area contributed by atoms with Gasteiger partial charge in [-0.15, -0.1) is 22.7 Å². The highest BCUT2D eigenvalue weighted by molar-refractivity contribution is 7.08. The minimum absolute atomic E-state index is 0.0303.